The number of methoxy groups -OCH3 is 1. The van der Waals surface area contributed by atoms with E-state index < -0.39 is 12.1 Å². The van der Waals surface area contributed by atoms with Crippen LogP contribution in [0.25, 0.3) is 21.9 Å². The number of carbonyl (C=O) groups is 2. The van der Waals surface area contributed by atoms with Crippen molar-refractivity contribution in [3.05, 3.63) is 66.1 Å². The zero-order valence-electron chi connectivity index (χ0n) is 20.7. The van der Waals surface area contributed by atoms with Gasteiger partial charge in [0.2, 0.25) is 0 Å². The van der Waals surface area contributed by atoms with Crippen LogP contribution in [-0.4, -0.2) is 57.5 Å². The molecule has 0 radical (unpaired) electrons. The third-order valence-electron chi connectivity index (χ3n) is 5.69. The molecule has 0 unspecified atom stereocenters. The van der Waals surface area contributed by atoms with E-state index in [9.17, 15) is 18.0 Å². The minimum absolute atomic E-state index is 0.0643. The molecular formula is C26H29F3N4O4. The summed E-state index contributed by atoms with van der Waals surface area (Å²) >= 11 is 0. The molecule has 37 heavy (non-hydrogen) atoms. The van der Waals surface area contributed by atoms with Gasteiger partial charge < -0.3 is 24.3 Å². The van der Waals surface area contributed by atoms with Gasteiger partial charge in [-0.15, -0.1) is 0 Å². The number of fused-ring (bicyclic) bond motifs is 3. The van der Waals surface area contributed by atoms with Crippen LogP contribution < -0.4 is 5.32 Å². The lowest BCUT2D eigenvalue weighted by molar-refractivity contribution is -0.192. The Kier molecular flexibility index (Phi) is 8.93. The standard InChI is InChI=1S/C24H28N4O2.C2HF3O2/c1-17(2)28-20-9-5-4-8-19(20)23-21(28)15-22(27(23)13-14-30-3)24(29)26-12-10-18-7-6-11-25-16-18;3-2(4,5)1(6)7/h4-9,11,15-17H,10,12-14H2,1-3H3,(H,26,29);(H,6,7). The first-order chi connectivity index (χ1) is 17.6. The van der Waals surface area contributed by atoms with E-state index in [1.807, 2.05) is 30.5 Å². The number of carboxylic acids is 1. The van der Waals surface area contributed by atoms with Gasteiger partial charge in [-0.25, -0.2) is 4.79 Å². The molecular weight excluding hydrogens is 489 g/mol. The normalized spacial score (nSPS) is 11.5. The van der Waals surface area contributed by atoms with E-state index in [1.54, 1.807) is 13.3 Å². The van der Waals surface area contributed by atoms with E-state index >= 15 is 0 Å². The van der Waals surface area contributed by atoms with E-state index in [2.05, 4.69) is 51.5 Å². The number of pyridine rings is 1. The number of ether oxygens (including phenoxy) is 1. The number of amides is 1. The lowest BCUT2D eigenvalue weighted by Crippen LogP contribution is -2.28. The SMILES string of the molecule is COCCn1c(C(=O)NCCc2cccnc2)cc2c1c1ccccc1n2C(C)C.O=C(O)C(F)(F)F. The summed E-state index contributed by atoms with van der Waals surface area (Å²) in [7, 11) is 1.69. The number of nitrogens with zero attached hydrogens (tertiary/aromatic N) is 3. The summed E-state index contributed by atoms with van der Waals surface area (Å²) in [4.78, 5) is 26.1. The molecule has 2 N–H and O–H groups in total. The average molecular weight is 519 g/mol. The Morgan fingerprint density at radius 3 is 2.43 bits per heavy atom. The smallest absolute Gasteiger partial charge is 0.475 e. The molecule has 0 saturated carbocycles. The van der Waals surface area contributed by atoms with Crippen LogP contribution in [-0.2, 0) is 22.5 Å². The first-order valence-corrected chi connectivity index (χ1v) is 11.6. The van der Waals surface area contributed by atoms with Crippen molar-refractivity contribution >= 4 is 33.8 Å². The molecule has 0 atom stereocenters. The highest BCUT2D eigenvalue weighted by molar-refractivity contribution is 6.10. The van der Waals surface area contributed by atoms with E-state index in [4.69, 9.17) is 14.6 Å². The number of rotatable bonds is 8. The maximum atomic E-state index is 13.1. The minimum atomic E-state index is -5.08. The Balaban J connectivity index is 0.000000479. The molecule has 0 aliphatic heterocycles. The Bertz CT molecular complexity index is 1360. The van der Waals surface area contributed by atoms with E-state index in [0.29, 0.717) is 25.4 Å². The molecule has 3 aromatic heterocycles. The van der Waals surface area contributed by atoms with Crippen molar-refractivity contribution < 1.29 is 32.6 Å². The largest absolute Gasteiger partial charge is 0.490 e. The van der Waals surface area contributed by atoms with E-state index in [0.717, 1.165) is 28.4 Å². The van der Waals surface area contributed by atoms with Gasteiger partial charge in [-0.3, -0.25) is 9.78 Å². The Morgan fingerprint density at radius 2 is 1.84 bits per heavy atom. The summed E-state index contributed by atoms with van der Waals surface area (Å²) in [6, 6.07) is 14.6. The number of aromatic nitrogens is 3. The number of hydrogen-bond donors (Lipinski definition) is 2. The van der Waals surface area contributed by atoms with Gasteiger partial charge in [0.15, 0.2) is 0 Å². The average Bonchev–Trinajstić information content (AvgIpc) is 3.37. The molecule has 11 heteroatoms. The van der Waals surface area contributed by atoms with Crippen molar-refractivity contribution in [1.82, 2.24) is 19.4 Å². The first kappa shape index (κ1) is 27.7. The lowest BCUT2D eigenvalue weighted by atomic mass is 10.2. The third-order valence-corrected chi connectivity index (χ3v) is 5.69. The maximum absolute atomic E-state index is 13.1. The molecule has 0 fully saturated rings. The molecule has 0 aliphatic rings. The number of aliphatic carboxylic acids is 1. The summed E-state index contributed by atoms with van der Waals surface area (Å²) < 4.78 is 41.5. The fraction of sp³-hybridized carbons (Fsp3) is 0.346. The van der Waals surface area contributed by atoms with Gasteiger partial charge in [-0.05, 0) is 44.0 Å². The minimum Gasteiger partial charge on any atom is -0.475 e. The van der Waals surface area contributed by atoms with E-state index in [-0.39, 0.29) is 11.9 Å². The molecule has 0 saturated heterocycles. The molecule has 0 bridgehead atoms. The van der Waals surface area contributed by atoms with E-state index in [1.165, 1.54) is 5.52 Å². The van der Waals surface area contributed by atoms with Gasteiger partial charge in [0.05, 0.1) is 23.2 Å². The van der Waals surface area contributed by atoms with Gasteiger partial charge in [0, 0.05) is 44.0 Å². The Hall–Kier alpha value is -3.86. The summed E-state index contributed by atoms with van der Waals surface area (Å²) in [6.45, 7) is 6.07. The number of hydrogen-bond acceptors (Lipinski definition) is 4. The Labute approximate surface area is 211 Å². The van der Waals surface area contributed by atoms with Crippen molar-refractivity contribution in [3.63, 3.8) is 0 Å². The second-order valence-corrected chi connectivity index (χ2v) is 8.56. The van der Waals surface area contributed by atoms with Crippen molar-refractivity contribution in [3.8, 4) is 0 Å². The monoisotopic (exact) mass is 518 g/mol. The van der Waals surface area contributed by atoms with Crippen LogP contribution in [0.5, 0.6) is 0 Å². The van der Waals surface area contributed by atoms with Gasteiger partial charge in [-0.2, -0.15) is 13.2 Å². The topological polar surface area (TPSA) is 98.4 Å². The van der Waals surface area contributed by atoms with Crippen LogP contribution in [0.1, 0.15) is 35.9 Å². The summed E-state index contributed by atoms with van der Waals surface area (Å²) in [5.74, 6) is -2.82. The summed E-state index contributed by atoms with van der Waals surface area (Å²) in [6.07, 6.45) is -0.747. The molecule has 198 valence electrons. The van der Waals surface area contributed by atoms with Gasteiger partial charge in [0.25, 0.3) is 5.91 Å². The molecule has 4 rings (SSSR count). The van der Waals surface area contributed by atoms with Crippen molar-refractivity contribution in [2.24, 2.45) is 0 Å². The van der Waals surface area contributed by atoms with Crippen LogP contribution in [0.2, 0.25) is 0 Å². The third kappa shape index (κ3) is 6.48. The molecule has 0 aliphatic carbocycles. The maximum Gasteiger partial charge on any atom is 0.490 e. The van der Waals surface area contributed by atoms with Gasteiger partial charge in [0.1, 0.15) is 5.69 Å². The summed E-state index contributed by atoms with van der Waals surface area (Å²) in [5, 5.41) is 11.4. The zero-order chi connectivity index (χ0) is 27.2. The van der Waals surface area contributed by atoms with Crippen LogP contribution in [0.15, 0.2) is 54.9 Å². The second kappa shape index (κ2) is 11.9. The number of para-hydroxylation sites is 1. The van der Waals surface area contributed by atoms with Crippen molar-refractivity contribution in [2.75, 3.05) is 20.3 Å². The summed E-state index contributed by atoms with van der Waals surface area (Å²) in [5.41, 5.74) is 5.14. The second-order valence-electron chi connectivity index (χ2n) is 8.56. The van der Waals surface area contributed by atoms with Crippen LogP contribution >= 0.6 is 0 Å². The highest BCUT2D eigenvalue weighted by Gasteiger charge is 2.38. The Morgan fingerprint density at radius 1 is 1.14 bits per heavy atom. The predicted octanol–water partition coefficient (Wildman–Crippen LogP) is 4.82. The van der Waals surface area contributed by atoms with Gasteiger partial charge >= 0.3 is 12.1 Å². The number of benzene rings is 1. The predicted molar refractivity (Wildman–Crippen MR) is 134 cm³/mol. The number of carboxylic acid groups (broad SMARTS) is 1. The zero-order valence-corrected chi connectivity index (χ0v) is 20.7. The molecule has 3 heterocycles. The number of halogens is 3. The molecule has 1 aromatic carbocycles. The van der Waals surface area contributed by atoms with Crippen molar-refractivity contribution in [2.45, 2.75) is 39.0 Å². The van der Waals surface area contributed by atoms with Crippen LogP contribution in [0.3, 0.4) is 0 Å². The number of alkyl halides is 3. The quantitative estimate of drug-likeness (QED) is 0.348. The highest BCUT2D eigenvalue weighted by Crippen LogP contribution is 2.34. The van der Waals surface area contributed by atoms with Crippen LogP contribution in [0.4, 0.5) is 13.2 Å². The number of carbonyl (C=O) groups excluding carboxylic acids is 1. The van der Waals surface area contributed by atoms with Gasteiger partial charge in [-0.1, -0.05) is 24.3 Å². The molecule has 1 amide bonds. The molecule has 4 aromatic rings. The highest BCUT2D eigenvalue weighted by atomic mass is 19.4. The van der Waals surface area contributed by atoms with Crippen LogP contribution in [0, 0.1) is 0 Å². The van der Waals surface area contributed by atoms with Crippen molar-refractivity contribution in [1.29, 1.82) is 0 Å². The fourth-order valence-electron chi connectivity index (χ4n) is 4.13. The molecule has 0 spiro atoms. The molecule has 8 nitrogen and oxygen atoms in total. The fourth-order valence-corrected chi connectivity index (χ4v) is 4.13. The number of nitrogens with one attached hydrogen (secondary N) is 1. The lowest BCUT2D eigenvalue weighted by Gasteiger charge is -2.11. The first-order valence-electron chi connectivity index (χ1n) is 11.6.